The second-order valence-electron chi connectivity index (χ2n) is 1.72. The van der Waals surface area contributed by atoms with E-state index in [0.29, 0.717) is 0 Å². The fraction of sp³-hybridized carbons (Fsp3) is 0.500. The monoisotopic (exact) mass is 126 g/mol. The molecule has 0 amide bonds. The van der Waals surface area contributed by atoms with Crippen LogP contribution in [0.1, 0.15) is 26.7 Å². The molecule has 0 spiro atoms. The molecular weight excluding hydrogens is 112 g/mol. The average Bonchev–Trinajstić information content (AvgIpc) is 1.88. The maximum Gasteiger partial charge on any atom is 0.0989 e. The molecule has 0 aliphatic carbocycles. The lowest BCUT2D eigenvalue weighted by Crippen LogP contribution is -1.80. The van der Waals surface area contributed by atoms with Crippen molar-refractivity contribution in [3.05, 3.63) is 24.7 Å². The Morgan fingerprint density at radius 3 is 2.56 bits per heavy atom. The quantitative estimate of drug-likeness (QED) is 0.526. The lowest BCUT2D eigenvalue weighted by atomic mass is 10.3. The Morgan fingerprint density at radius 2 is 2.22 bits per heavy atom. The number of hydrogen-bond donors (Lipinski definition) is 0. The zero-order valence-electron chi connectivity index (χ0n) is 6.18. The summed E-state index contributed by atoms with van der Waals surface area (Å²) in [6.45, 7) is 7.61. The van der Waals surface area contributed by atoms with Crippen molar-refractivity contribution in [1.82, 2.24) is 0 Å². The molecule has 0 aromatic carbocycles. The van der Waals surface area contributed by atoms with Crippen LogP contribution in [0.2, 0.25) is 0 Å². The maximum atomic E-state index is 5.06. The highest BCUT2D eigenvalue weighted by molar-refractivity contribution is 4.92. The zero-order chi connectivity index (χ0) is 7.11. The van der Waals surface area contributed by atoms with E-state index >= 15 is 0 Å². The van der Waals surface area contributed by atoms with Crippen molar-refractivity contribution >= 4 is 0 Å². The van der Waals surface area contributed by atoms with Crippen LogP contribution < -0.4 is 0 Å². The lowest BCUT2D eigenvalue weighted by Gasteiger charge is -2.00. The third kappa shape index (κ3) is 3.83. The molecule has 0 heterocycles. The van der Waals surface area contributed by atoms with E-state index in [9.17, 15) is 0 Å². The van der Waals surface area contributed by atoms with Gasteiger partial charge in [-0.15, -0.1) is 0 Å². The largest absolute Gasteiger partial charge is 0.470 e. The van der Waals surface area contributed by atoms with Crippen LogP contribution in [0, 0.1) is 0 Å². The first-order chi connectivity index (χ1) is 4.35. The van der Waals surface area contributed by atoms with Gasteiger partial charge in [0, 0.05) is 6.42 Å². The van der Waals surface area contributed by atoms with Crippen molar-refractivity contribution in [2.45, 2.75) is 26.7 Å². The molecule has 0 saturated carbocycles. The fourth-order valence-electron chi connectivity index (χ4n) is 0.610. The number of allylic oxidation sites excluding steroid dienone is 2. The van der Waals surface area contributed by atoms with Crippen LogP contribution >= 0.6 is 0 Å². The third-order valence-electron chi connectivity index (χ3n) is 1.01. The van der Waals surface area contributed by atoms with Crippen molar-refractivity contribution in [1.29, 1.82) is 0 Å². The van der Waals surface area contributed by atoms with Gasteiger partial charge in [-0.05, 0) is 12.5 Å². The molecule has 0 aromatic heterocycles. The third-order valence-corrected chi connectivity index (χ3v) is 1.01. The van der Waals surface area contributed by atoms with Crippen LogP contribution in [-0.2, 0) is 4.74 Å². The average molecular weight is 126 g/mol. The van der Waals surface area contributed by atoms with E-state index in [1.54, 1.807) is 0 Å². The molecule has 1 nitrogen and oxygen atoms in total. The van der Waals surface area contributed by atoms with Crippen molar-refractivity contribution in [2.75, 3.05) is 0 Å². The Labute approximate surface area is 57.0 Å². The highest BCUT2D eigenvalue weighted by Crippen LogP contribution is 2.03. The van der Waals surface area contributed by atoms with E-state index in [1.165, 1.54) is 6.26 Å². The molecule has 0 radical (unpaired) electrons. The molecule has 0 aromatic rings. The van der Waals surface area contributed by atoms with Gasteiger partial charge < -0.3 is 4.74 Å². The van der Waals surface area contributed by atoms with Crippen LogP contribution in [0.15, 0.2) is 24.7 Å². The Morgan fingerprint density at radius 1 is 1.56 bits per heavy atom. The van der Waals surface area contributed by atoms with Gasteiger partial charge in [0.15, 0.2) is 0 Å². The lowest BCUT2D eigenvalue weighted by molar-refractivity contribution is 0.337. The minimum absolute atomic E-state index is 0.944. The van der Waals surface area contributed by atoms with Crippen molar-refractivity contribution in [2.24, 2.45) is 0 Å². The molecular formula is C8H14O. The van der Waals surface area contributed by atoms with Gasteiger partial charge in [-0.1, -0.05) is 20.4 Å². The van der Waals surface area contributed by atoms with Crippen LogP contribution in [0.5, 0.6) is 0 Å². The molecule has 0 aliphatic heterocycles. The predicted octanol–water partition coefficient (Wildman–Crippen LogP) is 2.85. The Bertz CT molecular complexity index is 103. The predicted molar refractivity (Wildman–Crippen MR) is 39.9 cm³/mol. The number of hydrogen-bond acceptors (Lipinski definition) is 1. The van der Waals surface area contributed by atoms with Crippen molar-refractivity contribution < 1.29 is 4.74 Å². The van der Waals surface area contributed by atoms with Crippen LogP contribution in [-0.4, -0.2) is 0 Å². The Balaban J connectivity index is 3.65. The normalized spacial score (nSPS) is 11.1. The Hall–Kier alpha value is -0.720. The van der Waals surface area contributed by atoms with E-state index in [1.807, 2.05) is 0 Å². The molecule has 52 valence electrons. The van der Waals surface area contributed by atoms with E-state index in [0.717, 1.165) is 18.6 Å². The summed E-state index contributed by atoms with van der Waals surface area (Å²) in [5, 5.41) is 0. The first kappa shape index (κ1) is 8.28. The summed E-state index contributed by atoms with van der Waals surface area (Å²) in [6.07, 6.45) is 5.49. The molecule has 0 atom stereocenters. The SMILES string of the molecule is C=CO/C(=C\CC)CC. The van der Waals surface area contributed by atoms with E-state index in [2.05, 4.69) is 26.5 Å². The van der Waals surface area contributed by atoms with Gasteiger partial charge in [-0.3, -0.25) is 0 Å². The van der Waals surface area contributed by atoms with Gasteiger partial charge in [0.05, 0.1) is 12.0 Å². The second-order valence-corrected chi connectivity index (χ2v) is 1.72. The van der Waals surface area contributed by atoms with Crippen LogP contribution in [0.3, 0.4) is 0 Å². The van der Waals surface area contributed by atoms with Crippen molar-refractivity contribution in [3.63, 3.8) is 0 Å². The molecule has 1 heteroatoms. The van der Waals surface area contributed by atoms with E-state index < -0.39 is 0 Å². The van der Waals surface area contributed by atoms with Gasteiger partial charge in [-0.25, -0.2) is 0 Å². The maximum absolute atomic E-state index is 5.06. The summed E-state index contributed by atoms with van der Waals surface area (Å²) < 4.78 is 5.06. The van der Waals surface area contributed by atoms with Gasteiger partial charge in [0.1, 0.15) is 0 Å². The van der Waals surface area contributed by atoms with Crippen LogP contribution in [0.25, 0.3) is 0 Å². The van der Waals surface area contributed by atoms with Gasteiger partial charge in [0.2, 0.25) is 0 Å². The highest BCUT2D eigenvalue weighted by atomic mass is 16.5. The zero-order valence-corrected chi connectivity index (χ0v) is 6.18. The summed E-state index contributed by atoms with van der Waals surface area (Å²) in [4.78, 5) is 0. The minimum atomic E-state index is 0.944. The molecule has 0 aliphatic rings. The van der Waals surface area contributed by atoms with Crippen molar-refractivity contribution in [3.8, 4) is 0 Å². The van der Waals surface area contributed by atoms with E-state index in [-0.39, 0.29) is 0 Å². The minimum Gasteiger partial charge on any atom is -0.470 e. The topological polar surface area (TPSA) is 9.23 Å². The molecule has 9 heavy (non-hydrogen) atoms. The second kappa shape index (κ2) is 5.42. The number of ether oxygens (including phenoxy) is 1. The molecule has 0 N–H and O–H groups in total. The van der Waals surface area contributed by atoms with E-state index in [4.69, 9.17) is 4.74 Å². The summed E-state index contributed by atoms with van der Waals surface area (Å²) in [7, 11) is 0. The first-order valence-electron chi connectivity index (χ1n) is 3.31. The first-order valence-corrected chi connectivity index (χ1v) is 3.31. The van der Waals surface area contributed by atoms with Gasteiger partial charge in [-0.2, -0.15) is 0 Å². The molecule has 0 fully saturated rings. The fourth-order valence-corrected chi connectivity index (χ4v) is 0.610. The standard InChI is InChI=1S/C8H14O/c1-4-7-8(5-2)9-6-3/h6-7H,3-5H2,1-2H3/b8-7-. The summed E-state index contributed by atoms with van der Waals surface area (Å²) in [6, 6.07) is 0. The smallest absolute Gasteiger partial charge is 0.0989 e. The summed E-state index contributed by atoms with van der Waals surface area (Å²) in [5.41, 5.74) is 0. The summed E-state index contributed by atoms with van der Waals surface area (Å²) >= 11 is 0. The highest BCUT2D eigenvalue weighted by Gasteiger charge is 1.87. The molecule has 0 unspecified atom stereocenters. The summed E-state index contributed by atoms with van der Waals surface area (Å²) in [5.74, 6) is 1.01. The molecule has 0 rings (SSSR count). The molecule has 0 bridgehead atoms. The van der Waals surface area contributed by atoms with Gasteiger partial charge >= 0.3 is 0 Å². The molecule has 0 saturated heterocycles. The van der Waals surface area contributed by atoms with Crippen LogP contribution in [0.4, 0.5) is 0 Å². The Kier molecular flexibility index (Phi) is 4.98. The number of rotatable bonds is 4. The van der Waals surface area contributed by atoms with Gasteiger partial charge in [0.25, 0.3) is 0 Å².